The fourth-order valence-corrected chi connectivity index (χ4v) is 3.52. The zero-order chi connectivity index (χ0) is 22.5. The molecule has 0 unspecified atom stereocenters. The number of amides is 1. The minimum atomic E-state index is -0.724. The van der Waals surface area contributed by atoms with Gasteiger partial charge in [-0.1, -0.05) is 19.1 Å². The summed E-state index contributed by atoms with van der Waals surface area (Å²) in [5, 5.41) is 12.6. The predicted molar refractivity (Wildman–Crippen MR) is 118 cm³/mol. The number of rotatable bonds is 8. The van der Waals surface area contributed by atoms with Crippen molar-refractivity contribution in [3.63, 3.8) is 0 Å². The van der Waals surface area contributed by atoms with Crippen molar-refractivity contribution in [2.24, 2.45) is 5.73 Å². The SMILES string of the molecule is CCc1c(OC)ccc2cc(C(=O)Nc3ccc([C@H](OC)[C@@H](N)CO)cc3)c(=O)oc12. The molecule has 0 spiro atoms. The van der Waals surface area contributed by atoms with Gasteiger partial charge in [0.15, 0.2) is 0 Å². The summed E-state index contributed by atoms with van der Waals surface area (Å²) in [6.45, 7) is 1.71. The van der Waals surface area contributed by atoms with Gasteiger partial charge in [-0.15, -0.1) is 0 Å². The molecule has 0 aliphatic heterocycles. The summed E-state index contributed by atoms with van der Waals surface area (Å²) >= 11 is 0. The molecule has 0 fully saturated rings. The molecule has 4 N–H and O–H groups in total. The number of fused-ring (bicyclic) bond motifs is 1. The fourth-order valence-electron chi connectivity index (χ4n) is 3.52. The molecule has 0 aliphatic carbocycles. The summed E-state index contributed by atoms with van der Waals surface area (Å²) in [5.41, 5.74) is 7.47. The number of benzene rings is 2. The quantitative estimate of drug-likeness (QED) is 0.473. The van der Waals surface area contributed by atoms with Gasteiger partial charge in [0.1, 0.15) is 16.9 Å². The molecule has 0 radical (unpaired) electrons. The van der Waals surface area contributed by atoms with Gasteiger partial charge in [-0.3, -0.25) is 4.79 Å². The lowest BCUT2D eigenvalue weighted by atomic mass is 10.0. The number of ether oxygens (including phenoxy) is 2. The molecule has 2 aromatic carbocycles. The molecular formula is C23H26N2O6. The molecule has 164 valence electrons. The summed E-state index contributed by atoms with van der Waals surface area (Å²) in [4.78, 5) is 25.2. The van der Waals surface area contributed by atoms with Crippen LogP contribution in [0.2, 0.25) is 0 Å². The molecule has 0 aliphatic rings. The Hall–Kier alpha value is -3.20. The van der Waals surface area contributed by atoms with E-state index in [0.29, 0.717) is 28.8 Å². The van der Waals surface area contributed by atoms with E-state index in [1.807, 2.05) is 6.92 Å². The summed E-state index contributed by atoms with van der Waals surface area (Å²) in [6, 6.07) is 11.3. The van der Waals surface area contributed by atoms with E-state index >= 15 is 0 Å². The standard InChI is InChI=1S/C23H26N2O6/c1-4-16-19(29-2)10-7-14-11-17(23(28)31-20(14)16)22(27)25-15-8-5-13(6-9-15)21(30-3)18(24)12-26/h5-11,18,21,26H,4,12,24H2,1-3H3,(H,25,27)/t18-,21-/m0/s1. The second-order valence-corrected chi connectivity index (χ2v) is 7.04. The number of aliphatic hydroxyl groups excluding tert-OH is 1. The Balaban J connectivity index is 1.86. The van der Waals surface area contributed by atoms with Crippen LogP contribution in [0.25, 0.3) is 11.0 Å². The lowest BCUT2D eigenvalue weighted by Crippen LogP contribution is -2.33. The van der Waals surface area contributed by atoms with E-state index in [4.69, 9.17) is 19.6 Å². The molecule has 3 rings (SSSR count). The Morgan fingerprint density at radius 2 is 1.90 bits per heavy atom. The Kier molecular flexibility index (Phi) is 7.06. The number of hydrogen-bond donors (Lipinski definition) is 3. The first-order chi connectivity index (χ1) is 14.9. The number of nitrogens with one attached hydrogen (secondary N) is 1. The van der Waals surface area contributed by atoms with Crippen molar-refractivity contribution in [3.05, 3.63) is 69.6 Å². The Morgan fingerprint density at radius 1 is 1.19 bits per heavy atom. The lowest BCUT2D eigenvalue weighted by molar-refractivity contribution is 0.0590. The minimum absolute atomic E-state index is 0.0964. The van der Waals surface area contributed by atoms with E-state index in [-0.39, 0.29) is 12.2 Å². The van der Waals surface area contributed by atoms with Gasteiger partial charge < -0.3 is 30.0 Å². The maximum atomic E-state index is 12.7. The third-order valence-corrected chi connectivity index (χ3v) is 5.13. The highest BCUT2D eigenvalue weighted by Gasteiger charge is 2.20. The van der Waals surface area contributed by atoms with Crippen LogP contribution in [0.1, 0.15) is 34.5 Å². The van der Waals surface area contributed by atoms with E-state index in [1.165, 1.54) is 13.2 Å². The normalized spacial score (nSPS) is 13.1. The fraction of sp³-hybridized carbons (Fsp3) is 0.304. The predicted octanol–water partition coefficient (Wildman–Crippen LogP) is 2.62. The second-order valence-electron chi connectivity index (χ2n) is 7.04. The molecule has 8 heteroatoms. The van der Waals surface area contributed by atoms with Crippen molar-refractivity contribution in [1.29, 1.82) is 0 Å². The average molecular weight is 426 g/mol. The molecule has 0 saturated carbocycles. The highest BCUT2D eigenvalue weighted by Crippen LogP contribution is 2.28. The van der Waals surface area contributed by atoms with Crippen LogP contribution in [0.5, 0.6) is 5.75 Å². The Morgan fingerprint density at radius 3 is 2.48 bits per heavy atom. The van der Waals surface area contributed by atoms with Crippen molar-refractivity contribution >= 4 is 22.6 Å². The number of carbonyl (C=O) groups excluding carboxylic acids is 1. The highest BCUT2D eigenvalue weighted by atomic mass is 16.5. The molecule has 1 heterocycles. The van der Waals surface area contributed by atoms with Crippen LogP contribution in [0.4, 0.5) is 5.69 Å². The van der Waals surface area contributed by atoms with E-state index in [9.17, 15) is 14.7 Å². The number of nitrogens with two attached hydrogens (primary N) is 1. The molecule has 0 bridgehead atoms. The lowest BCUT2D eigenvalue weighted by Gasteiger charge is -2.21. The first kappa shape index (κ1) is 22.5. The largest absolute Gasteiger partial charge is 0.496 e. The first-order valence-electron chi connectivity index (χ1n) is 9.87. The van der Waals surface area contributed by atoms with Crippen molar-refractivity contribution in [2.45, 2.75) is 25.5 Å². The van der Waals surface area contributed by atoms with Gasteiger partial charge in [-0.2, -0.15) is 0 Å². The summed E-state index contributed by atoms with van der Waals surface area (Å²) in [5.74, 6) is 0.0540. The van der Waals surface area contributed by atoms with E-state index in [0.717, 1.165) is 11.1 Å². The minimum Gasteiger partial charge on any atom is -0.496 e. The van der Waals surface area contributed by atoms with Crippen molar-refractivity contribution in [2.75, 3.05) is 26.1 Å². The van der Waals surface area contributed by atoms with E-state index < -0.39 is 23.7 Å². The maximum Gasteiger partial charge on any atom is 0.349 e. The van der Waals surface area contributed by atoms with Gasteiger partial charge in [0.2, 0.25) is 0 Å². The van der Waals surface area contributed by atoms with Crippen LogP contribution in [0.15, 0.2) is 51.7 Å². The average Bonchev–Trinajstić information content (AvgIpc) is 2.79. The zero-order valence-corrected chi connectivity index (χ0v) is 17.7. The second kappa shape index (κ2) is 9.74. The third kappa shape index (κ3) is 4.61. The van der Waals surface area contributed by atoms with Gasteiger partial charge >= 0.3 is 5.63 Å². The summed E-state index contributed by atoms with van der Waals surface area (Å²) < 4.78 is 16.1. The van der Waals surface area contributed by atoms with E-state index in [2.05, 4.69) is 5.32 Å². The van der Waals surface area contributed by atoms with Crippen molar-refractivity contribution in [1.82, 2.24) is 0 Å². The van der Waals surface area contributed by atoms with Crippen LogP contribution in [0, 0.1) is 0 Å². The number of anilines is 1. The Labute approximate surface area is 179 Å². The molecule has 1 aromatic heterocycles. The van der Waals surface area contributed by atoms with Gasteiger partial charge in [-0.25, -0.2) is 4.79 Å². The van der Waals surface area contributed by atoms with Crippen LogP contribution in [-0.2, 0) is 11.2 Å². The molecule has 3 aromatic rings. The molecular weight excluding hydrogens is 400 g/mol. The Bertz CT molecular complexity index is 1120. The van der Waals surface area contributed by atoms with E-state index in [1.54, 1.807) is 43.5 Å². The number of carbonyl (C=O) groups is 1. The van der Waals surface area contributed by atoms with Gasteiger partial charge in [0.05, 0.1) is 25.9 Å². The van der Waals surface area contributed by atoms with Gasteiger partial charge in [-0.05, 0) is 42.3 Å². The molecule has 31 heavy (non-hydrogen) atoms. The number of methoxy groups -OCH3 is 2. The van der Waals surface area contributed by atoms with Crippen molar-refractivity contribution < 1.29 is 23.8 Å². The monoisotopic (exact) mass is 426 g/mol. The highest BCUT2D eigenvalue weighted by molar-refractivity contribution is 6.05. The number of hydrogen-bond acceptors (Lipinski definition) is 7. The van der Waals surface area contributed by atoms with Crippen LogP contribution in [-0.4, -0.2) is 37.9 Å². The smallest absolute Gasteiger partial charge is 0.349 e. The first-order valence-corrected chi connectivity index (χ1v) is 9.87. The van der Waals surface area contributed by atoms with Crippen LogP contribution >= 0.6 is 0 Å². The molecule has 8 nitrogen and oxygen atoms in total. The van der Waals surface area contributed by atoms with Gasteiger partial charge in [0.25, 0.3) is 5.91 Å². The molecule has 2 atom stereocenters. The number of aliphatic hydroxyl groups is 1. The van der Waals surface area contributed by atoms with Gasteiger partial charge in [0, 0.05) is 23.7 Å². The van der Waals surface area contributed by atoms with Crippen molar-refractivity contribution in [3.8, 4) is 5.75 Å². The van der Waals surface area contributed by atoms with Crippen LogP contribution < -0.4 is 21.4 Å². The summed E-state index contributed by atoms with van der Waals surface area (Å²) in [6.07, 6.45) is 0.135. The molecule has 1 amide bonds. The summed E-state index contributed by atoms with van der Waals surface area (Å²) in [7, 11) is 3.06. The van der Waals surface area contributed by atoms with Crippen LogP contribution in [0.3, 0.4) is 0 Å². The molecule has 0 saturated heterocycles. The number of aryl methyl sites for hydroxylation is 1. The zero-order valence-electron chi connectivity index (χ0n) is 17.7. The third-order valence-electron chi connectivity index (χ3n) is 5.13. The topological polar surface area (TPSA) is 124 Å². The maximum absolute atomic E-state index is 12.7.